The van der Waals surface area contributed by atoms with Crippen molar-refractivity contribution in [2.24, 2.45) is 16.6 Å². The number of aliphatic imine (C=N–C) groups is 1. The van der Waals surface area contributed by atoms with Gasteiger partial charge < -0.3 is 15.8 Å². The predicted octanol–water partition coefficient (Wildman–Crippen LogP) is 3.53. The van der Waals surface area contributed by atoms with Gasteiger partial charge >= 0.3 is 0 Å². The van der Waals surface area contributed by atoms with Crippen LogP contribution in [0.2, 0.25) is 0 Å². The van der Waals surface area contributed by atoms with E-state index >= 15 is 0 Å². The Bertz CT molecular complexity index is 438. The largest absolute Gasteiger partial charge is 0.496 e. The highest BCUT2D eigenvalue weighted by Gasteiger charge is 2.01. The number of benzene rings is 1. The second-order valence-corrected chi connectivity index (χ2v) is 5.63. The summed E-state index contributed by atoms with van der Waals surface area (Å²) in [5.74, 6) is 1.97. The number of hydrogen-bond acceptors (Lipinski definition) is 2. The number of ether oxygens (including phenoxy) is 1. The van der Waals surface area contributed by atoms with Gasteiger partial charge in [0.05, 0.1) is 18.1 Å². The van der Waals surface area contributed by atoms with E-state index in [1.54, 1.807) is 7.11 Å². The van der Waals surface area contributed by atoms with E-state index in [0.717, 1.165) is 28.8 Å². The first-order valence-corrected chi connectivity index (χ1v) is 7.18. The third-order valence-electron chi connectivity index (χ3n) is 2.68. The minimum atomic E-state index is 0. The average Bonchev–Trinajstić information content (AvgIpc) is 2.36. The molecule has 1 aromatic carbocycles. The van der Waals surface area contributed by atoms with Crippen molar-refractivity contribution >= 4 is 45.9 Å². The molecule has 0 spiro atoms. The summed E-state index contributed by atoms with van der Waals surface area (Å²) in [5, 5.41) is 3.11. The summed E-state index contributed by atoms with van der Waals surface area (Å²) in [6.07, 6.45) is 1.09. The van der Waals surface area contributed by atoms with Crippen LogP contribution in [-0.2, 0) is 6.54 Å². The zero-order chi connectivity index (χ0) is 14.3. The number of guanidine groups is 1. The van der Waals surface area contributed by atoms with Crippen molar-refractivity contribution in [1.82, 2.24) is 5.32 Å². The zero-order valence-corrected chi connectivity index (χ0v) is 16.1. The first-order chi connectivity index (χ1) is 9.02. The molecular formula is C14H23BrIN3O. The van der Waals surface area contributed by atoms with E-state index in [2.05, 4.69) is 40.1 Å². The third kappa shape index (κ3) is 7.33. The highest BCUT2D eigenvalue weighted by atomic mass is 127. The molecule has 1 rings (SSSR count). The van der Waals surface area contributed by atoms with Gasteiger partial charge in [0, 0.05) is 6.54 Å². The molecule has 0 saturated carbocycles. The van der Waals surface area contributed by atoms with Gasteiger partial charge in [-0.2, -0.15) is 0 Å². The average molecular weight is 456 g/mol. The molecule has 0 bridgehead atoms. The molecule has 0 aliphatic heterocycles. The maximum atomic E-state index is 5.80. The first kappa shape index (κ1) is 19.5. The summed E-state index contributed by atoms with van der Waals surface area (Å²) in [7, 11) is 1.65. The fourth-order valence-corrected chi connectivity index (χ4v) is 2.12. The molecule has 4 nitrogen and oxygen atoms in total. The van der Waals surface area contributed by atoms with Gasteiger partial charge in [-0.15, -0.1) is 24.0 Å². The number of halogens is 2. The van der Waals surface area contributed by atoms with Crippen LogP contribution >= 0.6 is 39.9 Å². The number of rotatable bonds is 6. The van der Waals surface area contributed by atoms with Crippen molar-refractivity contribution in [2.45, 2.75) is 26.8 Å². The Hall–Kier alpha value is -0.500. The Balaban J connectivity index is 0.00000361. The van der Waals surface area contributed by atoms with Crippen molar-refractivity contribution in [3.63, 3.8) is 0 Å². The lowest BCUT2D eigenvalue weighted by molar-refractivity contribution is 0.412. The molecule has 0 fully saturated rings. The zero-order valence-electron chi connectivity index (χ0n) is 12.1. The predicted molar refractivity (Wildman–Crippen MR) is 98.9 cm³/mol. The van der Waals surface area contributed by atoms with Crippen LogP contribution in [0.15, 0.2) is 27.7 Å². The second kappa shape index (κ2) is 10.3. The van der Waals surface area contributed by atoms with E-state index in [9.17, 15) is 0 Å². The molecule has 0 unspecified atom stereocenters. The van der Waals surface area contributed by atoms with E-state index in [1.807, 2.05) is 18.2 Å². The molecule has 0 atom stereocenters. The lowest BCUT2D eigenvalue weighted by Crippen LogP contribution is -2.32. The molecule has 0 aromatic heterocycles. The van der Waals surface area contributed by atoms with E-state index < -0.39 is 0 Å². The van der Waals surface area contributed by atoms with Gasteiger partial charge in [0.25, 0.3) is 0 Å². The lowest BCUT2D eigenvalue weighted by Gasteiger charge is -2.08. The Kier molecular flexibility index (Phi) is 10.0. The fraction of sp³-hybridized carbons (Fsp3) is 0.500. The summed E-state index contributed by atoms with van der Waals surface area (Å²) in [6, 6.07) is 5.88. The van der Waals surface area contributed by atoms with Gasteiger partial charge in [-0.25, -0.2) is 4.99 Å². The lowest BCUT2D eigenvalue weighted by atomic mass is 10.1. The summed E-state index contributed by atoms with van der Waals surface area (Å²) >= 11 is 3.45. The van der Waals surface area contributed by atoms with Gasteiger partial charge in [0.1, 0.15) is 5.75 Å². The Labute approximate surface area is 146 Å². The molecule has 0 saturated heterocycles. The molecule has 6 heteroatoms. The monoisotopic (exact) mass is 455 g/mol. The van der Waals surface area contributed by atoms with Crippen molar-refractivity contribution in [3.05, 3.63) is 28.2 Å². The molecule has 0 heterocycles. The van der Waals surface area contributed by atoms with Gasteiger partial charge in [-0.3, -0.25) is 0 Å². The number of nitrogens with zero attached hydrogens (tertiary/aromatic N) is 1. The smallest absolute Gasteiger partial charge is 0.188 e. The second-order valence-electron chi connectivity index (χ2n) is 4.78. The molecule has 0 amide bonds. The minimum Gasteiger partial charge on any atom is -0.496 e. The minimum absolute atomic E-state index is 0. The van der Waals surface area contributed by atoms with Gasteiger partial charge in [-0.05, 0) is 46.0 Å². The Morgan fingerprint density at radius 2 is 2.15 bits per heavy atom. The van der Waals surface area contributed by atoms with Crippen LogP contribution in [0, 0.1) is 5.92 Å². The van der Waals surface area contributed by atoms with Crippen LogP contribution in [0.5, 0.6) is 5.75 Å². The van der Waals surface area contributed by atoms with Gasteiger partial charge in [0.15, 0.2) is 5.96 Å². The summed E-state index contributed by atoms with van der Waals surface area (Å²) in [6.45, 7) is 5.79. The van der Waals surface area contributed by atoms with Crippen LogP contribution in [-0.4, -0.2) is 19.6 Å². The summed E-state index contributed by atoms with van der Waals surface area (Å²) < 4.78 is 6.11. The Morgan fingerprint density at radius 3 is 2.70 bits per heavy atom. The van der Waals surface area contributed by atoms with E-state index in [4.69, 9.17) is 10.5 Å². The van der Waals surface area contributed by atoms with Crippen LogP contribution < -0.4 is 15.8 Å². The molecule has 1 aromatic rings. The molecule has 0 radical (unpaired) electrons. The SMILES string of the molecule is COc1ccc(CN=C(N)NCCC(C)C)cc1Br.I. The molecular weight excluding hydrogens is 433 g/mol. The molecule has 20 heavy (non-hydrogen) atoms. The molecule has 0 aliphatic rings. The topological polar surface area (TPSA) is 59.6 Å². The Morgan fingerprint density at radius 1 is 1.45 bits per heavy atom. The highest BCUT2D eigenvalue weighted by Crippen LogP contribution is 2.25. The maximum Gasteiger partial charge on any atom is 0.188 e. The van der Waals surface area contributed by atoms with E-state index in [-0.39, 0.29) is 24.0 Å². The van der Waals surface area contributed by atoms with E-state index in [0.29, 0.717) is 18.4 Å². The van der Waals surface area contributed by atoms with Crippen molar-refractivity contribution in [3.8, 4) is 5.75 Å². The third-order valence-corrected chi connectivity index (χ3v) is 3.30. The van der Waals surface area contributed by atoms with Crippen LogP contribution in [0.3, 0.4) is 0 Å². The molecule has 114 valence electrons. The highest BCUT2D eigenvalue weighted by molar-refractivity contribution is 14.0. The van der Waals surface area contributed by atoms with Crippen LogP contribution in [0.4, 0.5) is 0 Å². The number of hydrogen-bond donors (Lipinski definition) is 2. The van der Waals surface area contributed by atoms with Crippen LogP contribution in [0.25, 0.3) is 0 Å². The van der Waals surface area contributed by atoms with Gasteiger partial charge in [-0.1, -0.05) is 19.9 Å². The number of methoxy groups -OCH3 is 1. The summed E-state index contributed by atoms with van der Waals surface area (Å²) in [4.78, 5) is 4.31. The summed E-state index contributed by atoms with van der Waals surface area (Å²) in [5.41, 5.74) is 6.89. The van der Waals surface area contributed by atoms with Crippen molar-refractivity contribution < 1.29 is 4.74 Å². The van der Waals surface area contributed by atoms with E-state index in [1.165, 1.54) is 0 Å². The quantitative estimate of drug-likeness (QED) is 0.392. The van der Waals surface area contributed by atoms with Gasteiger partial charge in [0.2, 0.25) is 0 Å². The number of nitrogens with two attached hydrogens (primary N) is 1. The molecule has 0 aliphatic carbocycles. The maximum absolute atomic E-state index is 5.80. The molecule has 3 N–H and O–H groups in total. The first-order valence-electron chi connectivity index (χ1n) is 6.39. The standard InChI is InChI=1S/C14H22BrN3O.HI/c1-10(2)6-7-17-14(16)18-9-11-4-5-13(19-3)12(15)8-11;/h4-5,8,10H,6-7,9H2,1-3H3,(H3,16,17,18);1H. The van der Waals surface area contributed by atoms with Crippen molar-refractivity contribution in [1.29, 1.82) is 0 Å². The fourth-order valence-electron chi connectivity index (χ4n) is 1.53. The van der Waals surface area contributed by atoms with Crippen molar-refractivity contribution in [2.75, 3.05) is 13.7 Å². The normalized spacial score (nSPS) is 11.2. The number of nitrogens with one attached hydrogen (secondary N) is 1. The van der Waals surface area contributed by atoms with Crippen LogP contribution in [0.1, 0.15) is 25.8 Å².